The molecule has 0 bridgehead atoms. The highest BCUT2D eigenvalue weighted by atomic mass is 32.2. The van der Waals surface area contributed by atoms with Gasteiger partial charge in [-0.3, -0.25) is 0 Å². The van der Waals surface area contributed by atoms with E-state index in [0.717, 1.165) is 12.2 Å². The monoisotopic (exact) mass is 255 g/mol. The SMILES string of the molecule is CNC(CCS)c1ccc(SC(C)C)cc1. The van der Waals surface area contributed by atoms with Crippen molar-refractivity contribution in [3.05, 3.63) is 29.8 Å². The maximum Gasteiger partial charge on any atom is 0.0325 e. The van der Waals surface area contributed by atoms with Gasteiger partial charge in [0, 0.05) is 16.2 Å². The zero-order valence-corrected chi connectivity index (χ0v) is 11.9. The van der Waals surface area contributed by atoms with Crippen molar-refractivity contribution in [3.8, 4) is 0 Å². The van der Waals surface area contributed by atoms with Crippen LogP contribution in [0.4, 0.5) is 0 Å². The van der Waals surface area contributed by atoms with Gasteiger partial charge in [0.05, 0.1) is 0 Å². The van der Waals surface area contributed by atoms with Crippen molar-refractivity contribution in [2.24, 2.45) is 0 Å². The third-order valence-corrected chi connectivity index (χ3v) is 3.69. The second-order valence-electron chi connectivity index (χ2n) is 4.09. The summed E-state index contributed by atoms with van der Waals surface area (Å²) in [5.41, 5.74) is 1.35. The molecule has 1 rings (SSSR count). The summed E-state index contributed by atoms with van der Waals surface area (Å²) >= 11 is 6.19. The summed E-state index contributed by atoms with van der Waals surface area (Å²) in [5.74, 6) is 0.911. The maximum atomic E-state index is 4.29. The molecule has 0 heterocycles. The summed E-state index contributed by atoms with van der Waals surface area (Å²) in [6.45, 7) is 4.44. The van der Waals surface area contributed by atoms with Gasteiger partial charge < -0.3 is 5.32 Å². The van der Waals surface area contributed by atoms with Gasteiger partial charge in [-0.25, -0.2) is 0 Å². The van der Waals surface area contributed by atoms with E-state index in [9.17, 15) is 0 Å². The quantitative estimate of drug-likeness (QED) is 0.593. The van der Waals surface area contributed by atoms with Gasteiger partial charge in [-0.05, 0) is 36.9 Å². The Balaban J connectivity index is 2.69. The molecule has 0 aliphatic heterocycles. The number of thiol groups is 1. The largest absolute Gasteiger partial charge is 0.313 e. The molecule has 0 aliphatic rings. The zero-order valence-electron chi connectivity index (χ0n) is 10.2. The van der Waals surface area contributed by atoms with Crippen molar-refractivity contribution in [1.82, 2.24) is 5.32 Å². The highest BCUT2D eigenvalue weighted by Crippen LogP contribution is 2.25. The summed E-state index contributed by atoms with van der Waals surface area (Å²) < 4.78 is 0. The summed E-state index contributed by atoms with van der Waals surface area (Å²) in [5, 5.41) is 3.97. The van der Waals surface area contributed by atoms with Crippen molar-refractivity contribution in [2.45, 2.75) is 36.5 Å². The van der Waals surface area contributed by atoms with Crippen molar-refractivity contribution < 1.29 is 0 Å². The molecule has 1 atom stereocenters. The normalized spacial score (nSPS) is 13.1. The summed E-state index contributed by atoms with van der Waals surface area (Å²) in [4.78, 5) is 1.35. The molecule has 1 nitrogen and oxygen atoms in total. The average Bonchev–Trinajstić information content (AvgIpc) is 2.26. The molecule has 0 aliphatic carbocycles. The Morgan fingerprint density at radius 1 is 1.25 bits per heavy atom. The van der Waals surface area contributed by atoms with Gasteiger partial charge in [0.25, 0.3) is 0 Å². The van der Waals surface area contributed by atoms with E-state index in [-0.39, 0.29) is 0 Å². The van der Waals surface area contributed by atoms with Gasteiger partial charge in [-0.15, -0.1) is 11.8 Å². The Morgan fingerprint density at radius 2 is 1.88 bits per heavy atom. The molecule has 0 fully saturated rings. The fourth-order valence-electron chi connectivity index (χ4n) is 1.66. The fraction of sp³-hybridized carbons (Fsp3) is 0.538. The standard InChI is InChI=1S/C13H21NS2/c1-10(2)16-12-6-4-11(5-7-12)13(14-3)8-9-15/h4-7,10,13-15H,8-9H2,1-3H3. The molecule has 0 aromatic heterocycles. The molecule has 1 N–H and O–H groups in total. The Labute approximate surface area is 109 Å². The van der Waals surface area contributed by atoms with Crippen LogP contribution in [-0.4, -0.2) is 18.1 Å². The molecule has 1 aromatic carbocycles. The minimum Gasteiger partial charge on any atom is -0.313 e. The van der Waals surface area contributed by atoms with E-state index >= 15 is 0 Å². The van der Waals surface area contributed by atoms with Gasteiger partial charge in [0.15, 0.2) is 0 Å². The van der Waals surface area contributed by atoms with Crippen LogP contribution in [-0.2, 0) is 0 Å². The van der Waals surface area contributed by atoms with E-state index in [1.807, 2.05) is 18.8 Å². The lowest BCUT2D eigenvalue weighted by molar-refractivity contribution is 0.581. The number of hydrogen-bond acceptors (Lipinski definition) is 3. The van der Waals surface area contributed by atoms with E-state index in [1.54, 1.807) is 0 Å². The predicted molar refractivity (Wildman–Crippen MR) is 77.7 cm³/mol. The molecule has 90 valence electrons. The number of benzene rings is 1. The molecular formula is C13H21NS2. The Kier molecular flexibility index (Phi) is 6.32. The molecule has 0 amide bonds. The van der Waals surface area contributed by atoms with Crippen molar-refractivity contribution >= 4 is 24.4 Å². The average molecular weight is 255 g/mol. The van der Waals surface area contributed by atoms with Crippen LogP contribution in [0.25, 0.3) is 0 Å². The van der Waals surface area contributed by atoms with E-state index in [0.29, 0.717) is 11.3 Å². The Morgan fingerprint density at radius 3 is 2.31 bits per heavy atom. The first kappa shape index (κ1) is 13.9. The lowest BCUT2D eigenvalue weighted by Crippen LogP contribution is -2.16. The number of hydrogen-bond donors (Lipinski definition) is 2. The highest BCUT2D eigenvalue weighted by Gasteiger charge is 2.07. The molecular weight excluding hydrogens is 234 g/mol. The third kappa shape index (κ3) is 4.40. The zero-order chi connectivity index (χ0) is 12.0. The molecule has 0 spiro atoms. The summed E-state index contributed by atoms with van der Waals surface area (Å²) in [6.07, 6.45) is 1.07. The van der Waals surface area contributed by atoms with Gasteiger partial charge >= 0.3 is 0 Å². The summed E-state index contributed by atoms with van der Waals surface area (Å²) in [7, 11) is 2.00. The maximum absolute atomic E-state index is 4.29. The predicted octanol–water partition coefficient (Wildman–Crippen LogP) is 3.77. The highest BCUT2D eigenvalue weighted by molar-refractivity contribution is 7.99. The number of nitrogens with one attached hydrogen (secondary N) is 1. The van der Waals surface area contributed by atoms with Gasteiger partial charge in [-0.2, -0.15) is 12.6 Å². The second-order valence-corrected chi connectivity index (χ2v) is 6.19. The topological polar surface area (TPSA) is 12.0 Å². The fourth-order valence-corrected chi connectivity index (χ4v) is 2.75. The van der Waals surface area contributed by atoms with E-state index in [1.165, 1.54) is 10.5 Å². The van der Waals surface area contributed by atoms with Crippen LogP contribution in [0, 0.1) is 0 Å². The Hall–Kier alpha value is -0.120. The Bertz CT molecular complexity index is 295. The molecule has 1 aromatic rings. The molecule has 0 saturated heterocycles. The first-order valence-electron chi connectivity index (χ1n) is 5.72. The second kappa shape index (κ2) is 7.25. The van der Waals surface area contributed by atoms with Crippen LogP contribution in [0.3, 0.4) is 0 Å². The molecule has 0 saturated carbocycles. The minimum atomic E-state index is 0.426. The van der Waals surface area contributed by atoms with E-state index in [2.05, 4.69) is 56.1 Å². The van der Waals surface area contributed by atoms with Gasteiger partial charge in [0.2, 0.25) is 0 Å². The third-order valence-electron chi connectivity index (χ3n) is 2.42. The van der Waals surface area contributed by atoms with Crippen LogP contribution in [0.2, 0.25) is 0 Å². The van der Waals surface area contributed by atoms with Crippen molar-refractivity contribution in [3.63, 3.8) is 0 Å². The van der Waals surface area contributed by atoms with Crippen molar-refractivity contribution in [1.29, 1.82) is 0 Å². The van der Waals surface area contributed by atoms with E-state index in [4.69, 9.17) is 0 Å². The molecule has 1 unspecified atom stereocenters. The molecule has 16 heavy (non-hydrogen) atoms. The van der Waals surface area contributed by atoms with Crippen LogP contribution >= 0.6 is 24.4 Å². The molecule has 0 radical (unpaired) electrons. The van der Waals surface area contributed by atoms with Gasteiger partial charge in [0.1, 0.15) is 0 Å². The van der Waals surface area contributed by atoms with E-state index < -0.39 is 0 Å². The van der Waals surface area contributed by atoms with Crippen LogP contribution < -0.4 is 5.32 Å². The lowest BCUT2D eigenvalue weighted by atomic mass is 10.1. The van der Waals surface area contributed by atoms with Crippen LogP contribution in [0.1, 0.15) is 31.9 Å². The van der Waals surface area contributed by atoms with Gasteiger partial charge in [-0.1, -0.05) is 26.0 Å². The number of rotatable bonds is 6. The van der Waals surface area contributed by atoms with Crippen molar-refractivity contribution in [2.75, 3.05) is 12.8 Å². The number of thioether (sulfide) groups is 1. The molecule has 3 heteroatoms. The first-order valence-corrected chi connectivity index (χ1v) is 7.23. The summed E-state index contributed by atoms with van der Waals surface area (Å²) in [6, 6.07) is 9.28. The lowest BCUT2D eigenvalue weighted by Gasteiger charge is -2.16. The minimum absolute atomic E-state index is 0.426. The van der Waals surface area contributed by atoms with Crippen LogP contribution in [0.15, 0.2) is 29.2 Å². The smallest absolute Gasteiger partial charge is 0.0325 e. The van der Waals surface area contributed by atoms with Crippen LogP contribution in [0.5, 0.6) is 0 Å². The first-order chi connectivity index (χ1) is 7.67.